The van der Waals surface area contributed by atoms with Crippen LogP contribution in [0.1, 0.15) is 109 Å². The fraction of sp³-hybridized carbons (Fsp3) is 0.610. The molecule has 0 spiro atoms. The van der Waals surface area contributed by atoms with Gasteiger partial charge >= 0.3 is 0 Å². The highest BCUT2D eigenvalue weighted by Gasteiger charge is 2.44. The van der Waals surface area contributed by atoms with Crippen molar-refractivity contribution < 1.29 is 32.7 Å². The summed E-state index contributed by atoms with van der Waals surface area (Å²) in [6, 6.07) is 10.1. The van der Waals surface area contributed by atoms with Crippen LogP contribution in [0.4, 0.5) is 0 Å². The molecule has 1 heterocycles. The molecule has 298 valence electrons. The fourth-order valence-electron chi connectivity index (χ4n) is 7.77. The van der Waals surface area contributed by atoms with Crippen LogP contribution >= 0.6 is 0 Å². The Balaban J connectivity index is 1.65. The Labute approximate surface area is 321 Å². The van der Waals surface area contributed by atoms with Gasteiger partial charge in [-0.1, -0.05) is 102 Å². The molecule has 0 aromatic heterocycles. The van der Waals surface area contributed by atoms with Crippen molar-refractivity contribution in [2.75, 3.05) is 12.3 Å². The highest BCUT2D eigenvalue weighted by molar-refractivity contribution is 7.91. The Kier molecular flexibility index (Phi) is 15.6. The van der Waals surface area contributed by atoms with E-state index in [0.29, 0.717) is 24.1 Å². The van der Waals surface area contributed by atoms with Crippen molar-refractivity contribution in [1.29, 1.82) is 0 Å². The highest BCUT2D eigenvalue weighted by Crippen LogP contribution is 2.39. The number of aliphatic hydroxyl groups excluding tert-OH is 1. The van der Waals surface area contributed by atoms with E-state index < -0.39 is 63.6 Å². The van der Waals surface area contributed by atoms with E-state index >= 15 is 0 Å². The number of nitrogens with two attached hydrogens (primary N) is 1. The van der Waals surface area contributed by atoms with Crippen molar-refractivity contribution in [1.82, 2.24) is 20.9 Å². The lowest BCUT2D eigenvalue weighted by molar-refractivity contribution is -0.142. The van der Waals surface area contributed by atoms with Gasteiger partial charge in [-0.3, -0.25) is 19.2 Å². The largest absolute Gasteiger partial charge is 0.390 e. The molecule has 4 amide bonds. The van der Waals surface area contributed by atoms with Gasteiger partial charge in [0.05, 0.1) is 35.3 Å². The number of carbonyl (C=O) groups is 4. The first-order chi connectivity index (χ1) is 25.6. The first-order valence-electron chi connectivity index (χ1n) is 19.5. The lowest BCUT2D eigenvalue weighted by Crippen LogP contribution is -2.58. The predicted octanol–water partition coefficient (Wildman–Crippen LogP) is 3.94. The summed E-state index contributed by atoms with van der Waals surface area (Å²) in [7, 11) is -3.78. The van der Waals surface area contributed by atoms with Crippen LogP contribution in [0.5, 0.6) is 0 Å². The number of aliphatic hydroxyl groups is 1. The molecule has 0 bridgehead atoms. The van der Waals surface area contributed by atoms with Crippen LogP contribution in [0.3, 0.4) is 0 Å². The Bertz CT molecular complexity index is 1690. The van der Waals surface area contributed by atoms with Crippen molar-refractivity contribution in [2.24, 2.45) is 23.5 Å². The van der Waals surface area contributed by atoms with Gasteiger partial charge in [0, 0.05) is 26.4 Å². The van der Waals surface area contributed by atoms with Crippen molar-refractivity contribution >= 4 is 33.5 Å². The van der Waals surface area contributed by atoms with E-state index in [1.807, 2.05) is 58.0 Å². The normalized spacial score (nSPS) is 19.0. The van der Waals surface area contributed by atoms with Crippen molar-refractivity contribution in [3.05, 3.63) is 65.2 Å². The third kappa shape index (κ3) is 11.8. The molecular weight excluding hydrogens is 707 g/mol. The SMILES string of the molecule is CC(=O)N(C1CS(=O)(=O)c2ccc(CN)cc21)[C@@H](Cc1ccccc1)C(=O)N[C@@H](CC(C)C)C(=O)N[C@@H](CC1CCCCC1)[C@@H](O)CC(=O)NCC(C)C. The van der Waals surface area contributed by atoms with Crippen LogP contribution in [0.15, 0.2) is 53.4 Å². The molecule has 13 heteroatoms. The number of benzene rings is 2. The summed E-state index contributed by atoms with van der Waals surface area (Å²) in [5.41, 5.74) is 7.76. The van der Waals surface area contributed by atoms with Gasteiger partial charge in [0.1, 0.15) is 12.1 Å². The summed E-state index contributed by atoms with van der Waals surface area (Å²) in [5.74, 6) is -1.78. The summed E-state index contributed by atoms with van der Waals surface area (Å²) >= 11 is 0. The molecule has 54 heavy (non-hydrogen) atoms. The molecule has 0 saturated heterocycles. The number of rotatable bonds is 18. The number of sulfone groups is 1. The highest BCUT2D eigenvalue weighted by atomic mass is 32.2. The second-order valence-electron chi connectivity index (χ2n) is 16.0. The number of nitrogens with zero attached hydrogens (tertiary/aromatic N) is 1. The van der Waals surface area contributed by atoms with Gasteiger partial charge < -0.3 is 31.7 Å². The summed E-state index contributed by atoms with van der Waals surface area (Å²) in [6.45, 7) is 9.78. The monoisotopic (exact) mass is 767 g/mol. The number of hydrogen-bond acceptors (Lipinski definition) is 8. The Morgan fingerprint density at radius 1 is 0.907 bits per heavy atom. The maximum absolute atomic E-state index is 14.6. The van der Waals surface area contributed by atoms with Crippen LogP contribution in [-0.2, 0) is 42.0 Å². The van der Waals surface area contributed by atoms with E-state index in [-0.39, 0.29) is 54.4 Å². The minimum atomic E-state index is -3.78. The first kappa shape index (κ1) is 42.9. The molecule has 4 rings (SSSR count). The molecule has 1 fully saturated rings. The minimum absolute atomic E-state index is 0.0254. The van der Waals surface area contributed by atoms with Gasteiger partial charge in [0.15, 0.2) is 9.84 Å². The minimum Gasteiger partial charge on any atom is -0.390 e. The zero-order valence-corrected chi connectivity index (χ0v) is 33.4. The number of carbonyl (C=O) groups excluding carboxylic acids is 4. The molecule has 2 aromatic carbocycles. The van der Waals surface area contributed by atoms with Gasteiger partial charge in [0.2, 0.25) is 23.6 Å². The molecule has 1 saturated carbocycles. The third-order valence-corrected chi connectivity index (χ3v) is 12.3. The maximum atomic E-state index is 14.6. The molecular formula is C41H61N5O7S. The van der Waals surface area contributed by atoms with Gasteiger partial charge in [0.25, 0.3) is 0 Å². The Hall–Kier alpha value is -3.81. The molecule has 6 N–H and O–H groups in total. The number of nitrogens with one attached hydrogen (secondary N) is 3. The van der Waals surface area contributed by atoms with Crippen LogP contribution in [-0.4, -0.2) is 78.6 Å². The average Bonchev–Trinajstić information content (AvgIpc) is 3.39. The Morgan fingerprint density at radius 2 is 1.59 bits per heavy atom. The summed E-state index contributed by atoms with van der Waals surface area (Å²) in [5, 5.41) is 20.2. The second kappa shape index (κ2) is 19.7. The third-order valence-electron chi connectivity index (χ3n) is 10.5. The van der Waals surface area contributed by atoms with Gasteiger partial charge in [-0.15, -0.1) is 0 Å². The van der Waals surface area contributed by atoms with Crippen LogP contribution < -0.4 is 21.7 Å². The fourth-order valence-corrected chi connectivity index (χ4v) is 9.53. The van der Waals surface area contributed by atoms with E-state index in [4.69, 9.17) is 5.73 Å². The van der Waals surface area contributed by atoms with E-state index in [1.54, 1.807) is 12.1 Å². The molecule has 0 radical (unpaired) electrons. The first-order valence-corrected chi connectivity index (χ1v) is 21.2. The van der Waals surface area contributed by atoms with E-state index in [0.717, 1.165) is 37.7 Å². The van der Waals surface area contributed by atoms with Crippen LogP contribution in [0, 0.1) is 17.8 Å². The van der Waals surface area contributed by atoms with Crippen molar-refractivity contribution in [2.45, 2.75) is 134 Å². The Morgan fingerprint density at radius 3 is 2.20 bits per heavy atom. The summed E-state index contributed by atoms with van der Waals surface area (Å²) < 4.78 is 26.8. The second-order valence-corrected chi connectivity index (χ2v) is 18.0. The van der Waals surface area contributed by atoms with Gasteiger partial charge in [-0.05, 0) is 53.4 Å². The smallest absolute Gasteiger partial charge is 0.243 e. The molecule has 2 aliphatic rings. The molecule has 12 nitrogen and oxygen atoms in total. The van der Waals surface area contributed by atoms with Crippen LogP contribution in [0.25, 0.3) is 0 Å². The van der Waals surface area contributed by atoms with E-state index in [2.05, 4.69) is 16.0 Å². The number of hydrogen-bond donors (Lipinski definition) is 5. The quantitative estimate of drug-likeness (QED) is 0.151. The topological polar surface area (TPSA) is 188 Å². The van der Waals surface area contributed by atoms with Gasteiger partial charge in [-0.2, -0.15) is 0 Å². The van der Waals surface area contributed by atoms with Crippen molar-refractivity contribution in [3.63, 3.8) is 0 Å². The molecule has 1 aliphatic heterocycles. The van der Waals surface area contributed by atoms with E-state index in [9.17, 15) is 32.7 Å². The standard InChI is InChI=1S/C41H61N5O7S/c1-26(2)18-34(40(50)44-33(20-29-12-8-6-9-13-29)37(48)22-39(49)43-24-27(3)4)45-41(51)35(21-30-14-10-7-11-15-30)46(28(5)47)36-25-54(52,53)38-17-16-31(23-42)19-32(36)38/h7,10-11,14-17,19,26-27,29,33-37,48H,6,8-9,12-13,18,20-25,42H2,1-5H3,(H,43,49)(H,44,50)(H,45,51)/t33-,34-,35-,36?,37-/m0/s1. The zero-order valence-electron chi connectivity index (χ0n) is 32.6. The van der Waals surface area contributed by atoms with E-state index in [1.165, 1.54) is 17.9 Å². The van der Waals surface area contributed by atoms with Crippen LogP contribution in [0.2, 0.25) is 0 Å². The maximum Gasteiger partial charge on any atom is 0.243 e. The lowest BCUT2D eigenvalue weighted by atomic mass is 9.83. The van der Waals surface area contributed by atoms with Gasteiger partial charge in [-0.25, -0.2) is 8.42 Å². The zero-order chi connectivity index (χ0) is 39.6. The average molecular weight is 768 g/mol. The summed E-state index contributed by atoms with van der Waals surface area (Å²) in [6.07, 6.45) is 4.74. The lowest BCUT2D eigenvalue weighted by Gasteiger charge is -2.36. The van der Waals surface area contributed by atoms with Crippen molar-refractivity contribution in [3.8, 4) is 0 Å². The molecule has 2 aromatic rings. The molecule has 1 unspecified atom stereocenters. The number of amides is 4. The predicted molar refractivity (Wildman–Crippen MR) is 209 cm³/mol. The molecule has 5 atom stereocenters. The molecule has 1 aliphatic carbocycles. The summed E-state index contributed by atoms with van der Waals surface area (Å²) in [4.78, 5) is 56.6. The number of fused-ring (bicyclic) bond motifs is 1.